The van der Waals surface area contributed by atoms with Crippen molar-refractivity contribution in [3.05, 3.63) is 0 Å². The van der Waals surface area contributed by atoms with Crippen LogP contribution in [0, 0.1) is 0 Å². The summed E-state index contributed by atoms with van der Waals surface area (Å²) in [5.74, 6) is 0.0998. The summed E-state index contributed by atoms with van der Waals surface area (Å²) in [5.41, 5.74) is 0.833. The second-order valence-electron chi connectivity index (χ2n) is 4.52. The largest absolute Gasteiger partial charge is 0.411 e. The van der Waals surface area contributed by atoms with Crippen molar-refractivity contribution in [2.75, 3.05) is 19.6 Å². The van der Waals surface area contributed by atoms with Crippen LogP contribution in [0.3, 0.4) is 0 Å². The van der Waals surface area contributed by atoms with Gasteiger partial charge in [0.1, 0.15) is 0 Å². The van der Waals surface area contributed by atoms with Gasteiger partial charge in [0, 0.05) is 32.5 Å². The molecule has 1 aliphatic rings. The zero-order chi connectivity index (χ0) is 12.7. The second-order valence-corrected chi connectivity index (χ2v) is 4.52. The van der Waals surface area contributed by atoms with Crippen LogP contribution in [-0.4, -0.2) is 47.4 Å². The molecular formula is C12H23N3O2. The predicted molar refractivity (Wildman–Crippen MR) is 67.4 cm³/mol. The van der Waals surface area contributed by atoms with E-state index in [0.717, 1.165) is 51.0 Å². The van der Waals surface area contributed by atoms with Crippen LogP contribution in [0.2, 0.25) is 0 Å². The van der Waals surface area contributed by atoms with Crippen LogP contribution in [0.15, 0.2) is 5.16 Å². The number of unbranched alkanes of at least 4 members (excludes halogenated alkanes) is 1. The first-order valence-corrected chi connectivity index (χ1v) is 6.40. The highest BCUT2D eigenvalue weighted by atomic mass is 16.4. The predicted octanol–water partition coefficient (Wildman–Crippen LogP) is 1.22. The molecule has 1 rings (SSSR count). The van der Waals surface area contributed by atoms with Crippen molar-refractivity contribution in [1.82, 2.24) is 10.2 Å². The second kappa shape index (κ2) is 7.27. The highest BCUT2D eigenvalue weighted by Gasteiger charge is 2.24. The molecule has 5 nitrogen and oxygen atoms in total. The number of amides is 1. The van der Waals surface area contributed by atoms with Crippen molar-refractivity contribution in [1.29, 1.82) is 0 Å². The number of hydrogen-bond donors (Lipinski definition) is 2. The Hall–Kier alpha value is -1.10. The van der Waals surface area contributed by atoms with Gasteiger partial charge in [-0.15, -0.1) is 0 Å². The van der Waals surface area contributed by atoms with Crippen LogP contribution in [-0.2, 0) is 4.79 Å². The third-order valence-electron chi connectivity index (χ3n) is 3.27. The number of piperidine rings is 1. The van der Waals surface area contributed by atoms with Crippen LogP contribution >= 0.6 is 0 Å². The minimum absolute atomic E-state index is 0.0906. The lowest BCUT2D eigenvalue weighted by atomic mass is 10.1. The zero-order valence-corrected chi connectivity index (χ0v) is 10.8. The Kier molecular flexibility index (Phi) is 5.97. The van der Waals surface area contributed by atoms with Gasteiger partial charge in [0.05, 0.1) is 11.8 Å². The van der Waals surface area contributed by atoms with Gasteiger partial charge in [-0.3, -0.25) is 9.69 Å². The molecule has 1 atom stereocenters. The molecule has 1 fully saturated rings. The van der Waals surface area contributed by atoms with Crippen molar-refractivity contribution in [2.24, 2.45) is 5.16 Å². The van der Waals surface area contributed by atoms with E-state index in [1.54, 1.807) is 0 Å². The molecule has 98 valence electrons. The summed E-state index contributed by atoms with van der Waals surface area (Å²) in [6.45, 7) is 6.39. The molecule has 1 amide bonds. The summed E-state index contributed by atoms with van der Waals surface area (Å²) >= 11 is 0. The molecule has 5 heteroatoms. The highest BCUT2D eigenvalue weighted by Crippen LogP contribution is 2.10. The number of carbonyl (C=O) groups excluding carboxylic acids is 1. The van der Waals surface area contributed by atoms with E-state index in [-0.39, 0.29) is 11.9 Å². The maximum absolute atomic E-state index is 11.8. The van der Waals surface area contributed by atoms with E-state index >= 15 is 0 Å². The molecule has 0 aliphatic carbocycles. The normalized spacial score (nSPS) is 18.8. The van der Waals surface area contributed by atoms with E-state index < -0.39 is 0 Å². The number of rotatable bonds is 5. The topological polar surface area (TPSA) is 64.9 Å². The number of carbonyl (C=O) groups is 1. The third kappa shape index (κ3) is 4.34. The van der Waals surface area contributed by atoms with E-state index in [4.69, 9.17) is 5.21 Å². The summed E-state index contributed by atoms with van der Waals surface area (Å²) in [6, 6.07) is -0.0906. The molecule has 2 N–H and O–H groups in total. The smallest absolute Gasteiger partial charge is 0.237 e. The Morgan fingerprint density at radius 1 is 1.53 bits per heavy atom. The fourth-order valence-corrected chi connectivity index (χ4v) is 1.97. The first-order chi connectivity index (χ1) is 8.19. The molecule has 1 unspecified atom stereocenters. The molecule has 0 aromatic rings. The average Bonchev–Trinajstić information content (AvgIpc) is 2.38. The van der Waals surface area contributed by atoms with Gasteiger partial charge in [0.25, 0.3) is 0 Å². The van der Waals surface area contributed by atoms with Crippen molar-refractivity contribution < 1.29 is 10.0 Å². The maximum Gasteiger partial charge on any atom is 0.237 e. The fraction of sp³-hybridized carbons (Fsp3) is 0.833. The lowest BCUT2D eigenvalue weighted by Gasteiger charge is -2.31. The van der Waals surface area contributed by atoms with Crippen molar-refractivity contribution in [3.8, 4) is 0 Å². The average molecular weight is 241 g/mol. The molecule has 0 saturated carbocycles. The Labute approximate surface area is 103 Å². The van der Waals surface area contributed by atoms with E-state index in [1.165, 1.54) is 0 Å². The van der Waals surface area contributed by atoms with Gasteiger partial charge < -0.3 is 10.5 Å². The van der Waals surface area contributed by atoms with E-state index in [0.29, 0.717) is 0 Å². The van der Waals surface area contributed by atoms with Crippen molar-refractivity contribution in [3.63, 3.8) is 0 Å². The van der Waals surface area contributed by atoms with Gasteiger partial charge in [0.15, 0.2) is 0 Å². The lowest BCUT2D eigenvalue weighted by Crippen LogP contribution is -2.48. The summed E-state index contributed by atoms with van der Waals surface area (Å²) in [5, 5.41) is 14.8. The molecule has 0 spiro atoms. The van der Waals surface area contributed by atoms with Crippen molar-refractivity contribution >= 4 is 11.6 Å². The maximum atomic E-state index is 11.8. The minimum atomic E-state index is -0.0906. The van der Waals surface area contributed by atoms with Crippen LogP contribution in [0.5, 0.6) is 0 Å². The lowest BCUT2D eigenvalue weighted by molar-refractivity contribution is -0.125. The Bertz CT molecular complexity index is 269. The number of hydrogen-bond acceptors (Lipinski definition) is 4. The molecule has 0 aromatic heterocycles. The number of nitrogens with one attached hydrogen (secondary N) is 1. The van der Waals surface area contributed by atoms with E-state index in [1.807, 2.05) is 6.92 Å². The fourth-order valence-electron chi connectivity index (χ4n) is 1.97. The van der Waals surface area contributed by atoms with Crippen LogP contribution < -0.4 is 5.32 Å². The molecule has 0 radical (unpaired) electrons. The van der Waals surface area contributed by atoms with Crippen LogP contribution in [0.25, 0.3) is 0 Å². The van der Waals surface area contributed by atoms with Gasteiger partial charge in [0.2, 0.25) is 5.91 Å². The van der Waals surface area contributed by atoms with Gasteiger partial charge in [-0.05, 0) is 13.3 Å². The molecule has 1 aliphatic heterocycles. The minimum Gasteiger partial charge on any atom is -0.411 e. The summed E-state index contributed by atoms with van der Waals surface area (Å²) in [4.78, 5) is 14.0. The summed E-state index contributed by atoms with van der Waals surface area (Å²) in [7, 11) is 0. The van der Waals surface area contributed by atoms with E-state index in [2.05, 4.69) is 22.3 Å². The quantitative estimate of drug-likeness (QED) is 0.432. The zero-order valence-electron chi connectivity index (χ0n) is 10.8. The number of nitrogens with zero attached hydrogens (tertiary/aromatic N) is 2. The summed E-state index contributed by atoms with van der Waals surface area (Å²) in [6.07, 6.45) is 3.63. The first kappa shape index (κ1) is 14.0. The Morgan fingerprint density at radius 2 is 2.18 bits per heavy atom. The Balaban J connectivity index is 2.32. The Morgan fingerprint density at radius 3 is 2.71 bits per heavy atom. The molecule has 1 saturated heterocycles. The van der Waals surface area contributed by atoms with Crippen LogP contribution in [0.1, 0.15) is 39.5 Å². The van der Waals surface area contributed by atoms with Crippen LogP contribution in [0.4, 0.5) is 0 Å². The third-order valence-corrected chi connectivity index (χ3v) is 3.27. The van der Waals surface area contributed by atoms with Gasteiger partial charge in [-0.2, -0.15) is 0 Å². The highest BCUT2D eigenvalue weighted by molar-refractivity contribution is 5.85. The van der Waals surface area contributed by atoms with Gasteiger partial charge in [-0.1, -0.05) is 18.5 Å². The number of oxime groups is 1. The van der Waals surface area contributed by atoms with Crippen molar-refractivity contribution in [2.45, 2.75) is 45.6 Å². The summed E-state index contributed by atoms with van der Waals surface area (Å²) < 4.78 is 0. The first-order valence-electron chi connectivity index (χ1n) is 6.40. The SMILES string of the molecule is CCCCNC(=O)C(C)N1CCC(=NO)CC1. The van der Waals surface area contributed by atoms with E-state index in [9.17, 15) is 4.79 Å². The number of likely N-dealkylation sites (tertiary alicyclic amines) is 1. The standard InChI is InChI=1S/C12H23N3O2/c1-3-4-7-13-12(16)10(2)15-8-5-11(14-17)6-9-15/h10,17H,3-9H2,1-2H3,(H,13,16). The molecule has 0 aromatic carbocycles. The van der Waals surface area contributed by atoms with Gasteiger partial charge in [-0.25, -0.2) is 0 Å². The molecule has 1 heterocycles. The monoisotopic (exact) mass is 241 g/mol. The molecule has 0 bridgehead atoms. The molecular weight excluding hydrogens is 218 g/mol. The van der Waals surface area contributed by atoms with Gasteiger partial charge >= 0.3 is 0 Å². The molecule has 17 heavy (non-hydrogen) atoms.